The summed E-state index contributed by atoms with van der Waals surface area (Å²) in [5, 5.41) is 33.7. The zero-order valence-electron chi connectivity index (χ0n) is 17.9. The number of Topliss-reactive ketones (excluding diaryl/α,β-unsaturated/α-hetero) is 1. The number of fused-ring (bicyclic) bond motifs is 5. The lowest BCUT2D eigenvalue weighted by molar-refractivity contribution is -0.188. The molecule has 4 rings (SSSR count). The van der Waals surface area contributed by atoms with Crippen molar-refractivity contribution in [2.24, 2.45) is 28.6 Å². The normalized spacial score (nSPS) is 47.6. The maximum absolute atomic E-state index is 12.9. The molecule has 4 aliphatic carbocycles. The summed E-state index contributed by atoms with van der Waals surface area (Å²) in [5.74, 6) is -1.35. The largest absolute Gasteiger partial charge is 0.458 e. The molecule has 0 radical (unpaired) electrons. The highest BCUT2D eigenvalue weighted by Gasteiger charge is 2.69. The third-order valence-electron chi connectivity index (χ3n) is 8.93. The van der Waals surface area contributed by atoms with Crippen molar-refractivity contribution < 1.29 is 34.4 Å². The van der Waals surface area contributed by atoms with Crippen LogP contribution in [0, 0.1) is 28.6 Å². The molecule has 0 aromatic heterocycles. The number of esters is 1. The molecule has 7 nitrogen and oxygen atoms in total. The summed E-state index contributed by atoms with van der Waals surface area (Å²) in [6.45, 7) is 4.62. The molecule has 0 bridgehead atoms. The molecule has 3 N–H and O–H groups in total. The third-order valence-corrected chi connectivity index (χ3v) is 8.93. The van der Waals surface area contributed by atoms with E-state index in [2.05, 4.69) is 0 Å². The molecule has 4 aliphatic rings. The Labute approximate surface area is 176 Å². The molecule has 166 valence electrons. The second kappa shape index (κ2) is 6.97. The van der Waals surface area contributed by atoms with Gasteiger partial charge in [0.05, 0.1) is 12.2 Å². The minimum absolute atomic E-state index is 0.0152. The number of hydrogen-bond donors (Lipinski definition) is 3. The Morgan fingerprint density at radius 1 is 1.23 bits per heavy atom. The van der Waals surface area contributed by atoms with E-state index in [0.717, 1.165) is 5.57 Å². The third kappa shape index (κ3) is 2.85. The molecule has 3 saturated carbocycles. The van der Waals surface area contributed by atoms with Crippen molar-refractivity contribution in [1.82, 2.24) is 0 Å². The predicted octanol–water partition coefficient (Wildman–Crippen LogP) is 1.32. The molecular weight excluding hydrogens is 388 g/mol. The standard InChI is InChI=1S/C23H32O7/c1-12(24)30-11-19(28)23(29)7-5-15-14-9-17(26)16-8-13(25)4-6-21(16,2)20(14)18(27)10-22(15,23)3/h8,14-15,17-18,20,26-27,29H,4-7,9-11H2,1-3H3/t14-,15-,17+,18-,20+,21-,22-,23-/m0/s1. The molecule has 0 aromatic rings. The van der Waals surface area contributed by atoms with E-state index in [9.17, 15) is 29.7 Å². The van der Waals surface area contributed by atoms with E-state index < -0.39 is 47.0 Å². The minimum atomic E-state index is -1.68. The van der Waals surface area contributed by atoms with Gasteiger partial charge >= 0.3 is 5.97 Å². The molecule has 30 heavy (non-hydrogen) atoms. The minimum Gasteiger partial charge on any atom is -0.458 e. The van der Waals surface area contributed by atoms with Gasteiger partial charge in [0.15, 0.2) is 12.4 Å². The second-order valence-corrected chi connectivity index (χ2v) is 10.3. The van der Waals surface area contributed by atoms with Crippen molar-refractivity contribution in [3.8, 4) is 0 Å². The van der Waals surface area contributed by atoms with E-state index in [1.807, 2.05) is 13.8 Å². The maximum atomic E-state index is 12.9. The number of hydrogen-bond acceptors (Lipinski definition) is 7. The highest BCUT2D eigenvalue weighted by molar-refractivity contribution is 5.92. The summed E-state index contributed by atoms with van der Waals surface area (Å²) < 4.78 is 4.86. The van der Waals surface area contributed by atoms with Gasteiger partial charge in [-0.3, -0.25) is 14.4 Å². The van der Waals surface area contributed by atoms with Crippen molar-refractivity contribution in [2.75, 3.05) is 6.61 Å². The van der Waals surface area contributed by atoms with Crippen molar-refractivity contribution in [1.29, 1.82) is 0 Å². The van der Waals surface area contributed by atoms with Gasteiger partial charge in [-0.2, -0.15) is 0 Å². The van der Waals surface area contributed by atoms with Gasteiger partial charge in [0.1, 0.15) is 5.60 Å². The van der Waals surface area contributed by atoms with E-state index in [0.29, 0.717) is 25.7 Å². The van der Waals surface area contributed by atoms with Crippen LogP contribution in [-0.2, 0) is 19.1 Å². The zero-order chi connectivity index (χ0) is 22.1. The first-order valence-corrected chi connectivity index (χ1v) is 10.9. The van der Waals surface area contributed by atoms with Gasteiger partial charge in [0.2, 0.25) is 5.78 Å². The number of rotatable bonds is 3. The van der Waals surface area contributed by atoms with Gasteiger partial charge < -0.3 is 20.1 Å². The van der Waals surface area contributed by atoms with E-state index in [4.69, 9.17) is 4.74 Å². The fourth-order valence-electron chi connectivity index (χ4n) is 7.49. The molecule has 0 aromatic carbocycles. The lowest BCUT2D eigenvalue weighted by Crippen LogP contribution is -2.63. The van der Waals surface area contributed by atoms with Gasteiger partial charge in [-0.25, -0.2) is 0 Å². The van der Waals surface area contributed by atoms with Crippen LogP contribution in [0.3, 0.4) is 0 Å². The maximum Gasteiger partial charge on any atom is 0.303 e. The molecule has 0 amide bonds. The van der Waals surface area contributed by atoms with Crippen LogP contribution in [0.2, 0.25) is 0 Å². The topological polar surface area (TPSA) is 121 Å². The van der Waals surface area contributed by atoms with Crippen molar-refractivity contribution in [2.45, 2.75) is 77.1 Å². The summed E-state index contributed by atoms with van der Waals surface area (Å²) in [5.41, 5.74) is -2.29. The van der Waals surface area contributed by atoms with E-state index in [-0.39, 0.29) is 36.4 Å². The van der Waals surface area contributed by atoms with Crippen molar-refractivity contribution in [3.05, 3.63) is 11.6 Å². The van der Waals surface area contributed by atoms with E-state index in [1.165, 1.54) is 6.92 Å². The first kappa shape index (κ1) is 21.7. The lowest BCUT2D eigenvalue weighted by atomic mass is 9.45. The van der Waals surface area contributed by atoms with E-state index in [1.54, 1.807) is 6.08 Å². The highest BCUT2D eigenvalue weighted by atomic mass is 16.5. The van der Waals surface area contributed by atoms with Crippen LogP contribution < -0.4 is 0 Å². The quantitative estimate of drug-likeness (QED) is 0.589. The zero-order valence-corrected chi connectivity index (χ0v) is 17.9. The molecule has 0 saturated heterocycles. The molecule has 0 aliphatic heterocycles. The average molecular weight is 421 g/mol. The van der Waals surface area contributed by atoms with E-state index >= 15 is 0 Å². The lowest BCUT2D eigenvalue weighted by Gasteiger charge is -2.61. The van der Waals surface area contributed by atoms with Crippen LogP contribution in [0.1, 0.15) is 59.3 Å². The van der Waals surface area contributed by atoms with Crippen LogP contribution in [0.15, 0.2) is 11.6 Å². The molecule has 3 fully saturated rings. The van der Waals surface area contributed by atoms with Crippen LogP contribution in [0.5, 0.6) is 0 Å². The fraction of sp³-hybridized carbons (Fsp3) is 0.783. The number of carbonyl (C=O) groups excluding carboxylic acids is 3. The average Bonchev–Trinajstić information content (AvgIpc) is 2.93. The Kier molecular flexibility index (Phi) is 5.03. The summed E-state index contributed by atoms with van der Waals surface area (Å²) in [4.78, 5) is 36.0. The predicted molar refractivity (Wildman–Crippen MR) is 106 cm³/mol. The molecule has 0 unspecified atom stereocenters. The van der Waals surface area contributed by atoms with Crippen LogP contribution in [0.25, 0.3) is 0 Å². The van der Waals surface area contributed by atoms with Gasteiger partial charge in [0.25, 0.3) is 0 Å². The number of ether oxygens (including phenoxy) is 1. The SMILES string of the molecule is CC(=O)OCC(=O)[C@@]1(O)CC[C@H]2[C@@H]3C[C@@H](O)C4=CC(=O)CC[C@]4(C)[C@H]3[C@@H](O)C[C@@]21C. The summed E-state index contributed by atoms with van der Waals surface area (Å²) in [6, 6.07) is 0. The smallest absolute Gasteiger partial charge is 0.303 e. The van der Waals surface area contributed by atoms with Crippen LogP contribution in [0.4, 0.5) is 0 Å². The molecule has 0 spiro atoms. The van der Waals surface area contributed by atoms with Gasteiger partial charge in [-0.15, -0.1) is 0 Å². The highest BCUT2D eigenvalue weighted by Crippen LogP contribution is 2.67. The summed E-state index contributed by atoms with van der Waals surface area (Å²) in [6.07, 6.45) is 2.54. The monoisotopic (exact) mass is 420 g/mol. The second-order valence-electron chi connectivity index (χ2n) is 10.3. The van der Waals surface area contributed by atoms with Crippen molar-refractivity contribution >= 4 is 17.5 Å². The Bertz CT molecular complexity index is 818. The number of aliphatic hydroxyl groups is 3. The van der Waals surface area contributed by atoms with Gasteiger partial charge in [-0.05, 0) is 66.9 Å². The Hall–Kier alpha value is -1.57. The Morgan fingerprint density at radius 3 is 2.60 bits per heavy atom. The number of aliphatic hydroxyl groups excluding tert-OH is 2. The van der Waals surface area contributed by atoms with Gasteiger partial charge in [-0.1, -0.05) is 13.8 Å². The first-order valence-electron chi connectivity index (χ1n) is 10.9. The van der Waals surface area contributed by atoms with Gasteiger partial charge in [0, 0.05) is 18.8 Å². The molecule has 8 atom stereocenters. The molecule has 0 heterocycles. The Morgan fingerprint density at radius 2 is 1.93 bits per heavy atom. The molecule has 7 heteroatoms. The molecular formula is C23H32O7. The van der Waals surface area contributed by atoms with Crippen LogP contribution >= 0.6 is 0 Å². The summed E-state index contributed by atoms with van der Waals surface area (Å²) >= 11 is 0. The number of ketones is 2. The first-order chi connectivity index (χ1) is 13.9. The number of carbonyl (C=O) groups is 3. The fourth-order valence-corrected chi connectivity index (χ4v) is 7.49. The Balaban J connectivity index is 1.69. The van der Waals surface area contributed by atoms with Crippen molar-refractivity contribution in [3.63, 3.8) is 0 Å². The summed E-state index contributed by atoms with van der Waals surface area (Å²) in [7, 11) is 0. The van der Waals surface area contributed by atoms with Crippen LogP contribution in [-0.4, -0.2) is 57.3 Å².